The number of carbonyl (C=O) groups is 1. The number of amides is 1. The average molecular weight is 527 g/mol. The van der Waals surface area contributed by atoms with Gasteiger partial charge in [-0.05, 0) is 35.1 Å². The molecule has 3 aromatic rings. The van der Waals surface area contributed by atoms with E-state index in [0.29, 0.717) is 5.57 Å². The number of hydrogen-bond donors (Lipinski definition) is 0. The first-order valence-corrected chi connectivity index (χ1v) is 12.3. The molecule has 4 nitrogen and oxygen atoms in total. The van der Waals surface area contributed by atoms with E-state index in [1.54, 1.807) is 6.08 Å². The zero-order valence-corrected chi connectivity index (χ0v) is 20.0. The van der Waals surface area contributed by atoms with Crippen molar-refractivity contribution in [1.29, 1.82) is 0 Å². The molecule has 2 heterocycles. The van der Waals surface area contributed by atoms with Crippen molar-refractivity contribution < 1.29 is 36.2 Å². The van der Waals surface area contributed by atoms with Crippen molar-refractivity contribution in [2.24, 2.45) is 0 Å². The first kappa shape index (κ1) is 24.6. The summed E-state index contributed by atoms with van der Waals surface area (Å²) in [5.41, 5.74) is 3.94. The summed E-state index contributed by atoms with van der Waals surface area (Å²) in [5, 5.41) is 0. The maximum atomic E-state index is 14.3. The fraction of sp³-hybridized carbons (Fsp3) is 0.276. The molecule has 196 valence electrons. The van der Waals surface area contributed by atoms with E-state index >= 15 is 0 Å². The molecule has 2 aliphatic heterocycles. The van der Waals surface area contributed by atoms with E-state index in [2.05, 4.69) is 0 Å². The molecular weight excluding hydrogens is 505 g/mol. The van der Waals surface area contributed by atoms with Crippen LogP contribution in [0, 0.1) is 29.1 Å². The Morgan fingerprint density at radius 2 is 1.42 bits per heavy atom. The number of rotatable bonds is 4. The first-order valence-electron chi connectivity index (χ1n) is 12.3. The summed E-state index contributed by atoms with van der Waals surface area (Å²) in [7, 11) is 0. The SMILES string of the molecule is O=C(OCC1c2ccccc2-c2ccccc21)N1C2C=C(Cc3c(F)c(F)c(F)c(F)c3F)CC1COC2. The minimum atomic E-state index is -2.19. The molecule has 38 heavy (non-hydrogen) atoms. The highest BCUT2D eigenvalue weighted by Crippen LogP contribution is 2.44. The lowest BCUT2D eigenvalue weighted by molar-refractivity contribution is -0.0364. The van der Waals surface area contributed by atoms with Gasteiger partial charge in [0.15, 0.2) is 23.3 Å². The summed E-state index contributed by atoms with van der Waals surface area (Å²) in [4.78, 5) is 14.8. The second-order valence-electron chi connectivity index (χ2n) is 9.72. The summed E-state index contributed by atoms with van der Waals surface area (Å²) in [5.74, 6) is -9.94. The fourth-order valence-corrected chi connectivity index (χ4v) is 5.80. The minimum absolute atomic E-state index is 0.118. The molecule has 0 radical (unpaired) electrons. The van der Waals surface area contributed by atoms with Crippen molar-refractivity contribution in [3.63, 3.8) is 0 Å². The van der Waals surface area contributed by atoms with Crippen LogP contribution >= 0.6 is 0 Å². The van der Waals surface area contributed by atoms with E-state index in [-0.39, 0.29) is 32.2 Å². The molecule has 3 aromatic carbocycles. The van der Waals surface area contributed by atoms with Crippen molar-refractivity contribution in [3.8, 4) is 11.1 Å². The van der Waals surface area contributed by atoms with Gasteiger partial charge < -0.3 is 9.47 Å². The maximum Gasteiger partial charge on any atom is 0.410 e. The Morgan fingerprint density at radius 3 is 2.03 bits per heavy atom. The van der Waals surface area contributed by atoms with Crippen molar-refractivity contribution in [3.05, 3.63) is 106 Å². The van der Waals surface area contributed by atoms with Crippen molar-refractivity contribution in [2.45, 2.75) is 30.8 Å². The van der Waals surface area contributed by atoms with E-state index in [4.69, 9.17) is 9.47 Å². The molecule has 1 fully saturated rings. The standard InChI is InChI=1S/C29H22F5NO3/c30-24-22(25(31)27(33)28(34)26(24)32)11-15-9-16-12-37-13-17(10-15)35(16)29(36)38-14-23-20-7-3-1-5-18(20)19-6-2-4-8-21(19)23/h1-9,16-17,23H,10-14H2. The van der Waals surface area contributed by atoms with Crippen LogP contribution in [-0.4, -0.2) is 42.9 Å². The van der Waals surface area contributed by atoms with Crippen LogP contribution in [0.25, 0.3) is 11.1 Å². The highest BCUT2D eigenvalue weighted by Gasteiger charge is 2.40. The molecule has 0 aromatic heterocycles. The van der Waals surface area contributed by atoms with E-state index in [1.807, 2.05) is 48.5 Å². The monoisotopic (exact) mass is 527 g/mol. The van der Waals surface area contributed by atoms with Crippen molar-refractivity contribution in [2.75, 3.05) is 19.8 Å². The smallest absolute Gasteiger partial charge is 0.410 e. The Morgan fingerprint density at radius 1 is 0.842 bits per heavy atom. The Hall–Kier alpha value is -3.72. The summed E-state index contributed by atoms with van der Waals surface area (Å²) in [6.07, 6.45) is 0.740. The van der Waals surface area contributed by atoms with Gasteiger partial charge in [0, 0.05) is 11.5 Å². The summed E-state index contributed by atoms with van der Waals surface area (Å²) >= 11 is 0. The zero-order chi connectivity index (χ0) is 26.6. The molecule has 0 saturated carbocycles. The van der Waals surface area contributed by atoms with Crippen molar-refractivity contribution in [1.82, 2.24) is 4.90 Å². The van der Waals surface area contributed by atoms with Crippen LogP contribution in [0.2, 0.25) is 0 Å². The predicted molar refractivity (Wildman–Crippen MR) is 128 cm³/mol. The number of fused-ring (bicyclic) bond motifs is 5. The van der Waals surface area contributed by atoms with Gasteiger partial charge in [0.2, 0.25) is 5.82 Å². The number of nitrogens with zero attached hydrogens (tertiary/aromatic N) is 1. The lowest BCUT2D eigenvalue weighted by Gasteiger charge is -2.44. The Balaban J connectivity index is 1.21. The van der Waals surface area contributed by atoms with Gasteiger partial charge >= 0.3 is 6.09 Å². The molecule has 0 spiro atoms. The van der Waals surface area contributed by atoms with Gasteiger partial charge in [0.1, 0.15) is 6.61 Å². The zero-order valence-electron chi connectivity index (χ0n) is 20.0. The van der Waals surface area contributed by atoms with Crippen molar-refractivity contribution >= 4 is 6.09 Å². The molecule has 1 saturated heterocycles. The van der Waals surface area contributed by atoms with Crippen LogP contribution in [0.3, 0.4) is 0 Å². The molecular formula is C29H22F5NO3. The average Bonchev–Trinajstić information content (AvgIpc) is 3.25. The molecule has 3 aliphatic rings. The van der Waals surface area contributed by atoms with E-state index in [1.165, 1.54) is 4.90 Å². The van der Waals surface area contributed by atoms with Crippen LogP contribution in [0.5, 0.6) is 0 Å². The van der Waals surface area contributed by atoms with Crippen LogP contribution in [0.1, 0.15) is 29.0 Å². The largest absolute Gasteiger partial charge is 0.448 e. The predicted octanol–water partition coefficient (Wildman–Crippen LogP) is 6.27. The normalized spacial score (nSPS) is 20.1. The number of ether oxygens (including phenoxy) is 2. The highest BCUT2D eigenvalue weighted by atomic mass is 19.2. The third-order valence-electron chi connectivity index (χ3n) is 7.53. The van der Waals surface area contributed by atoms with E-state index < -0.39 is 59.2 Å². The van der Waals surface area contributed by atoms with Gasteiger partial charge in [0.05, 0.1) is 25.3 Å². The summed E-state index contributed by atoms with van der Waals surface area (Å²) in [6.45, 7) is 0.418. The Labute approximate surface area is 215 Å². The molecule has 2 atom stereocenters. The molecule has 9 heteroatoms. The maximum absolute atomic E-state index is 14.3. The summed E-state index contributed by atoms with van der Waals surface area (Å²) < 4.78 is 80.7. The van der Waals surface area contributed by atoms with E-state index in [9.17, 15) is 26.7 Å². The lowest BCUT2D eigenvalue weighted by Crippen LogP contribution is -2.56. The fourth-order valence-electron chi connectivity index (χ4n) is 5.80. The third-order valence-corrected chi connectivity index (χ3v) is 7.53. The molecule has 1 amide bonds. The molecule has 2 unspecified atom stereocenters. The van der Waals surface area contributed by atoms with Crippen LogP contribution in [0.15, 0.2) is 60.2 Å². The highest BCUT2D eigenvalue weighted by molar-refractivity contribution is 5.79. The topological polar surface area (TPSA) is 38.8 Å². The minimum Gasteiger partial charge on any atom is -0.448 e. The van der Waals surface area contributed by atoms with Gasteiger partial charge in [-0.3, -0.25) is 4.90 Å². The van der Waals surface area contributed by atoms with Crippen LogP contribution < -0.4 is 0 Å². The number of morpholine rings is 1. The third kappa shape index (κ3) is 3.96. The van der Waals surface area contributed by atoms with E-state index in [0.717, 1.165) is 22.3 Å². The summed E-state index contributed by atoms with van der Waals surface area (Å²) in [6, 6.07) is 14.9. The van der Waals surface area contributed by atoms with Gasteiger partial charge in [-0.25, -0.2) is 26.7 Å². The number of hydrogen-bond acceptors (Lipinski definition) is 3. The number of carbonyl (C=O) groups excluding carboxylic acids is 1. The van der Waals surface area contributed by atoms with Gasteiger partial charge in [-0.15, -0.1) is 0 Å². The Kier molecular flexibility index (Phi) is 6.18. The number of benzene rings is 3. The van der Waals surface area contributed by atoms with Crippen LogP contribution in [-0.2, 0) is 15.9 Å². The number of halogens is 5. The van der Waals surface area contributed by atoms with Gasteiger partial charge in [0.25, 0.3) is 0 Å². The molecule has 0 N–H and O–H groups in total. The van der Waals surface area contributed by atoms with Crippen LogP contribution in [0.4, 0.5) is 26.7 Å². The molecule has 1 aliphatic carbocycles. The second kappa shape index (κ2) is 9.54. The first-order chi connectivity index (χ1) is 18.3. The van der Waals surface area contributed by atoms with Gasteiger partial charge in [-0.1, -0.05) is 60.2 Å². The second-order valence-corrected chi connectivity index (χ2v) is 9.72. The molecule has 6 rings (SSSR count). The molecule has 2 bridgehead atoms. The quantitative estimate of drug-likeness (QED) is 0.174. The Bertz CT molecular complexity index is 1400. The van der Waals surface area contributed by atoms with Gasteiger partial charge in [-0.2, -0.15) is 0 Å². The lowest BCUT2D eigenvalue weighted by atomic mass is 9.90.